The topological polar surface area (TPSA) is 46.5 Å². The van der Waals surface area contributed by atoms with Gasteiger partial charge in [0.25, 0.3) is 0 Å². The number of aliphatic carboxylic acids is 1. The van der Waals surface area contributed by atoms with Crippen molar-refractivity contribution in [2.75, 3.05) is 6.61 Å². The van der Waals surface area contributed by atoms with Gasteiger partial charge in [0.05, 0.1) is 12.0 Å². The molecule has 2 atom stereocenters. The molecule has 0 aromatic carbocycles. The molecule has 0 aromatic rings. The maximum Gasteiger partial charge on any atom is 0.309 e. The maximum atomic E-state index is 11.1. The molecule has 1 N–H and O–H groups in total. The molecule has 1 saturated carbocycles. The van der Waals surface area contributed by atoms with E-state index in [1.54, 1.807) is 0 Å². The molecule has 0 saturated heterocycles. The summed E-state index contributed by atoms with van der Waals surface area (Å²) in [7, 11) is 0. The third-order valence-electron chi connectivity index (χ3n) is 3.35. The van der Waals surface area contributed by atoms with Gasteiger partial charge in [-0.2, -0.15) is 0 Å². The Hall–Kier alpha value is -0.570. The third-order valence-corrected chi connectivity index (χ3v) is 3.35. The monoisotopic (exact) mass is 228 g/mol. The minimum absolute atomic E-state index is 0.0446. The molecule has 0 spiro atoms. The molecular formula is C13H24O3. The summed E-state index contributed by atoms with van der Waals surface area (Å²) in [5.41, 5.74) is 0. The van der Waals surface area contributed by atoms with Gasteiger partial charge < -0.3 is 9.84 Å². The molecule has 0 bridgehead atoms. The highest BCUT2D eigenvalue weighted by atomic mass is 16.5. The van der Waals surface area contributed by atoms with Crippen LogP contribution >= 0.6 is 0 Å². The smallest absolute Gasteiger partial charge is 0.309 e. The number of carboxylic acid groups (broad SMARTS) is 1. The van der Waals surface area contributed by atoms with Crippen molar-refractivity contribution in [1.29, 1.82) is 0 Å². The van der Waals surface area contributed by atoms with Gasteiger partial charge in [0.1, 0.15) is 0 Å². The average molecular weight is 228 g/mol. The van der Waals surface area contributed by atoms with Crippen LogP contribution in [0.4, 0.5) is 0 Å². The van der Waals surface area contributed by atoms with Gasteiger partial charge in [0.15, 0.2) is 0 Å². The van der Waals surface area contributed by atoms with Crippen molar-refractivity contribution in [3.8, 4) is 0 Å². The Morgan fingerprint density at radius 3 is 2.69 bits per heavy atom. The summed E-state index contributed by atoms with van der Waals surface area (Å²) in [6.07, 6.45) is 8.36. The predicted octanol–water partition coefficient (Wildman–Crippen LogP) is 3.23. The Morgan fingerprint density at radius 1 is 1.25 bits per heavy atom. The Labute approximate surface area is 98.2 Å². The highest BCUT2D eigenvalue weighted by Crippen LogP contribution is 2.26. The lowest BCUT2D eigenvalue weighted by Gasteiger charge is -2.21. The normalized spacial score (nSPS) is 26.3. The summed E-state index contributed by atoms with van der Waals surface area (Å²) < 4.78 is 5.76. The summed E-state index contributed by atoms with van der Waals surface area (Å²) in [6.45, 7) is 2.88. The summed E-state index contributed by atoms with van der Waals surface area (Å²) in [4.78, 5) is 11.1. The Bertz CT molecular complexity index is 203. The third kappa shape index (κ3) is 4.52. The molecule has 1 aliphatic rings. The van der Waals surface area contributed by atoms with Crippen molar-refractivity contribution in [2.24, 2.45) is 5.92 Å². The van der Waals surface area contributed by atoms with Crippen LogP contribution in [-0.4, -0.2) is 23.8 Å². The van der Waals surface area contributed by atoms with Crippen molar-refractivity contribution < 1.29 is 14.6 Å². The number of unbranched alkanes of at least 4 members (excludes halogenated alkanes) is 2. The van der Waals surface area contributed by atoms with Crippen LogP contribution in [0.1, 0.15) is 58.3 Å². The van der Waals surface area contributed by atoms with Crippen LogP contribution < -0.4 is 0 Å². The van der Waals surface area contributed by atoms with Crippen LogP contribution in [-0.2, 0) is 9.53 Å². The second kappa shape index (κ2) is 7.66. The first-order valence-electron chi connectivity index (χ1n) is 6.60. The number of carbonyl (C=O) groups is 1. The summed E-state index contributed by atoms with van der Waals surface area (Å²) in [6, 6.07) is 0. The second-order valence-electron chi connectivity index (χ2n) is 4.70. The fourth-order valence-corrected chi connectivity index (χ4v) is 2.34. The fraction of sp³-hybridized carbons (Fsp3) is 0.923. The molecule has 3 nitrogen and oxygen atoms in total. The summed E-state index contributed by atoms with van der Waals surface area (Å²) >= 11 is 0. The maximum absolute atomic E-state index is 11.1. The van der Waals surface area contributed by atoms with Crippen LogP contribution in [0.5, 0.6) is 0 Å². The minimum Gasteiger partial charge on any atom is -0.481 e. The number of hydrogen-bond acceptors (Lipinski definition) is 2. The van der Waals surface area contributed by atoms with E-state index < -0.39 is 5.97 Å². The van der Waals surface area contributed by atoms with Gasteiger partial charge in [-0.1, -0.05) is 39.0 Å². The SMILES string of the molecule is CCCCCOC1CCCCCC1C(=O)O. The molecule has 1 rings (SSSR count). The van der Waals surface area contributed by atoms with Crippen molar-refractivity contribution >= 4 is 5.97 Å². The molecule has 1 fully saturated rings. The summed E-state index contributed by atoms with van der Waals surface area (Å²) in [5.74, 6) is -0.952. The van der Waals surface area contributed by atoms with Crippen LogP contribution in [0.3, 0.4) is 0 Å². The highest BCUT2D eigenvalue weighted by molar-refractivity contribution is 5.70. The lowest BCUT2D eigenvalue weighted by atomic mass is 9.97. The highest BCUT2D eigenvalue weighted by Gasteiger charge is 2.29. The van der Waals surface area contributed by atoms with Gasteiger partial charge >= 0.3 is 5.97 Å². The van der Waals surface area contributed by atoms with E-state index >= 15 is 0 Å². The lowest BCUT2D eigenvalue weighted by molar-refractivity contribution is -0.148. The van der Waals surface area contributed by atoms with E-state index in [9.17, 15) is 4.79 Å². The average Bonchev–Trinajstić information content (AvgIpc) is 2.49. The zero-order chi connectivity index (χ0) is 11.8. The van der Waals surface area contributed by atoms with Crippen molar-refractivity contribution in [1.82, 2.24) is 0 Å². The van der Waals surface area contributed by atoms with Gasteiger partial charge in [0, 0.05) is 6.61 Å². The lowest BCUT2D eigenvalue weighted by Crippen LogP contribution is -2.30. The first kappa shape index (κ1) is 13.5. The van der Waals surface area contributed by atoms with Crippen LogP contribution in [0.25, 0.3) is 0 Å². The van der Waals surface area contributed by atoms with Crippen molar-refractivity contribution in [3.63, 3.8) is 0 Å². The molecule has 0 heterocycles. The molecular weight excluding hydrogens is 204 g/mol. The van der Waals surface area contributed by atoms with Crippen molar-refractivity contribution in [3.05, 3.63) is 0 Å². The zero-order valence-electron chi connectivity index (χ0n) is 10.3. The largest absolute Gasteiger partial charge is 0.481 e. The van der Waals surface area contributed by atoms with E-state index in [1.165, 1.54) is 12.8 Å². The minimum atomic E-state index is -0.678. The fourth-order valence-electron chi connectivity index (χ4n) is 2.34. The standard InChI is InChI=1S/C13H24O3/c1-2-3-7-10-16-12-9-6-4-5-8-11(12)13(14)15/h11-12H,2-10H2,1H3,(H,14,15). The molecule has 16 heavy (non-hydrogen) atoms. The number of hydrogen-bond donors (Lipinski definition) is 1. The van der Waals surface area contributed by atoms with Crippen LogP contribution in [0, 0.1) is 5.92 Å². The Kier molecular flexibility index (Phi) is 6.46. The zero-order valence-corrected chi connectivity index (χ0v) is 10.3. The van der Waals surface area contributed by atoms with Gasteiger partial charge in [0.2, 0.25) is 0 Å². The van der Waals surface area contributed by atoms with Gasteiger partial charge in [-0.3, -0.25) is 4.79 Å². The molecule has 0 aliphatic heterocycles. The second-order valence-corrected chi connectivity index (χ2v) is 4.70. The van der Waals surface area contributed by atoms with Gasteiger partial charge in [-0.15, -0.1) is 0 Å². The van der Waals surface area contributed by atoms with Gasteiger partial charge in [-0.05, 0) is 19.3 Å². The van der Waals surface area contributed by atoms with E-state index in [1.807, 2.05) is 0 Å². The van der Waals surface area contributed by atoms with Gasteiger partial charge in [-0.25, -0.2) is 0 Å². The summed E-state index contributed by atoms with van der Waals surface area (Å²) in [5, 5.41) is 9.16. The number of ether oxygens (including phenoxy) is 1. The molecule has 94 valence electrons. The Morgan fingerprint density at radius 2 is 2.00 bits per heavy atom. The predicted molar refractivity (Wildman–Crippen MR) is 63.5 cm³/mol. The van der Waals surface area contributed by atoms with E-state index in [4.69, 9.17) is 9.84 Å². The molecule has 0 aromatic heterocycles. The first-order chi connectivity index (χ1) is 7.75. The van der Waals surface area contributed by atoms with Crippen molar-refractivity contribution in [2.45, 2.75) is 64.4 Å². The quantitative estimate of drug-likeness (QED) is 0.561. The number of carboxylic acids is 1. The van der Waals surface area contributed by atoms with E-state index in [0.717, 1.165) is 45.1 Å². The molecule has 0 amide bonds. The molecule has 1 aliphatic carbocycles. The first-order valence-corrected chi connectivity index (χ1v) is 6.60. The van der Waals surface area contributed by atoms with Crippen LogP contribution in [0.15, 0.2) is 0 Å². The Balaban J connectivity index is 2.35. The van der Waals surface area contributed by atoms with E-state index in [2.05, 4.69) is 6.92 Å². The van der Waals surface area contributed by atoms with E-state index in [0.29, 0.717) is 0 Å². The molecule has 2 unspecified atom stereocenters. The molecule has 3 heteroatoms. The molecule has 0 radical (unpaired) electrons. The number of rotatable bonds is 6. The van der Waals surface area contributed by atoms with E-state index in [-0.39, 0.29) is 12.0 Å². The van der Waals surface area contributed by atoms with Crippen LogP contribution in [0.2, 0.25) is 0 Å².